The molecule has 1 fully saturated rings. The van der Waals surface area contributed by atoms with Crippen LogP contribution in [0.15, 0.2) is 79.0 Å². The number of para-hydroxylation sites is 3. The van der Waals surface area contributed by atoms with Crippen LogP contribution in [-0.2, 0) is 17.6 Å². The minimum atomic E-state index is 0.201. The van der Waals surface area contributed by atoms with Crippen LogP contribution >= 0.6 is 0 Å². The standard InChI is InChI=1S/C30H30N4O2/c1-36-24-12-10-21(11-13-24)18-29-32-27-8-4-5-9-28(27)34(29)23-14-16-33(17-15-23)30(35)19-22-20-31-26-7-3-2-6-25(22)26/h2-13,20,23,31H,14-19H2,1H3. The molecule has 36 heavy (non-hydrogen) atoms. The lowest BCUT2D eigenvalue weighted by atomic mass is 10.0. The number of likely N-dealkylation sites (tertiary alicyclic amines) is 1. The maximum atomic E-state index is 13.2. The molecule has 1 saturated heterocycles. The molecule has 1 N–H and O–H groups in total. The van der Waals surface area contributed by atoms with Crippen LogP contribution in [-0.4, -0.2) is 45.5 Å². The average molecular weight is 479 g/mol. The highest BCUT2D eigenvalue weighted by atomic mass is 16.5. The van der Waals surface area contributed by atoms with Crippen molar-refractivity contribution in [2.45, 2.75) is 31.7 Å². The van der Waals surface area contributed by atoms with Gasteiger partial charge in [0.2, 0.25) is 5.91 Å². The molecule has 0 atom stereocenters. The summed E-state index contributed by atoms with van der Waals surface area (Å²) in [7, 11) is 1.69. The third-order valence-corrected chi connectivity index (χ3v) is 7.39. The molecule has 1 aliphatic rings. The number of methoxy groups -OCH3 is 1. The predicted molar refractivity (Wildman–Crippen MR) is 142 cm³/mol. The molecule has 6 rings (SSSR count). The fourth-order valence-electron chi connectivity index (χ4n) is 5.48. The second-order valence-corrected chi connectivity index (χ2v) is 9.56. The molecule has 0 unspecified atom stereocenters. The second kappa shape index (κ2) is 9.53. The van der Waals surface area contributed by atoms with Gasteiger partial charge in [-0.15, -0.1) is 0 Å². The Balaban J connectivity index is 1.19. The van der Waals surface area contributed by atoms with E-state index in [1.807, 2.05) is 47.5 Å². The summed E-state index contributed by atoms with van der Waals surface area (Å²) in [6.07, 6.45) is 5.02. The van der Waals surface area contributed by atoms with Crippen LogP contribution in [0.4, 0.5) is 0 Å². The van der Waals surface area contributed by atoms with Crippen molar-refractivity contribution in [3.8, 4) is 5.75 Å². The highest BCUT2D eigenvalue weighted by Crippen LogP contribution is 2.30. The molecule has 182 valence electrons. The number of aromatic amines is 1. The molecular weight excluding hydrogens is 448 g/mol. The van der Waals surface area contributed by atoms with Gasteiger partial charge in [0.15, 0.2) is 0 Å². The van der Waals surface area contributed by atoms with Crippen LogP contribution in [0.3, 0.4) is 0 Å². The van der Waals surface area contributed by atoms with Crippen LogP contribution in [0.25, 0.3) is 21.9 Å². The van der Waals surface area contributed by atoms with Crippen molar-refractivity contribution in [2.24, 2.45) is 0 Å². The fourth-order valence-corrected chi connectivity index (χ4v) is 5.48. The molecule has 3 aromatic carbocycles. The first kappa shape index (κ1) is 22.4. The summed E-state index contributed by atoms with van der Waals surface area (Å²) in [5.74, 6) is 2.13. The van der Waals surface area contributed by atoms with Gasteiger partial charge in [0.25, 0.3) is 0 Å². The molecule has 1 aliphatic heterocycles. The minimum absolute atomic E-state index is 0.201. The summed E-state index contributed by atoms with van der Waals surface area (Å²) in [6.45, 7) is 1.53. The number of piperidine rings is 1. The van der Waals surface area contributed by atoms with Gasteiger partial charge in [-0.3, -0.25) is 4.79 Å². The number of imidazole rings is 1. The third-order valence-electron chi connectivity index (χ3n) is 7.39. The highest BCUT2D eigenvalue weighted by Gasteiger charge is 2.27. The van der Waals surface area contributed by atoms with E-state index >= 15 is 0 Å². The van der Waals surface area contributed by atoms with Gasteiger partial charge in [0.05, 0.1) is 24.6 Å². The van der Waals surface area contributed by atoms with E-state index in [-0.39, 0.29) is 5.91 Å². The van der Waals surface area contributed by atoms with Crippen molar-refractivity contribution in [2.75, 3.05) is 20.2 Å². The van der Waals surface area contributed by atoms with Gasteiger partial charge >= 0.3 is 0 Å². The number of fused-ring (bicyclic) bond motifs is 2. The summed E-state index contributed by atoms with van der Waals surface area (Å²) in [5, 5.41) is 1.13. The lowest BCUT2D eigenvalue weighted by molar-refractivity contribution is -0.131. The first-order valence-corrected chi connectivity index (χ1v) is 12.6. The van der Waals surface area contributed by atoms with Crippen molar-refractivity contribution in [1.29, 1.82) is 0 Å². The van der Waals surface area contributed by atoms with E-state index in [1.54, 1.807) is 7.11 Å². The van der Waals surface area contributed by atoms with Crippen molar-refractivity contribution in [3.05, 3.63) is 95.9 Å². The zero-order valence-electron chi connectivity index (χ0n) is 20.5. The van der Waals surface area contributed by atoms with Gasteiger partial charge in [0.1, 0.15) is 11.6 Å². The summed E-state index contributed by atoms with van der Waals surface area (Å²) in [5.41, 5.74) is 5.55. The quantitative estimate of drug-likeness (QED) is 0.349. The van der Waals surface area contributed by atoms with Gasteiger partial charge in [-0.05, 0) is 54.3 Å². The summed E-state index contributed by atoms with van der Waals surface area (Å²) >= 11 is 0. The molecule has 0 radical (unpaired) electrons. The lowest BCUT2D eigenvalue weighted by Gasteiger charge is -2.33. The van der Waals surface area contributed by atoms with Gasteiger partial charge in [-0.25, -0.2) is 4.98 Å². The fraction of sp³-hybridized carbons (Fsp3) is 0.267. The third kappa shape index (κ3) is 4.24. The van der Waals surface area contributed by atoms with Crippen LogP contribution in [0, 0.1) is 0 Å². The Kier molecular flexibility index (Phi) is 5.93. The number of rotatable bonds is 6. The van der Waals surface area contributed by atoms with Gasteiger partial charge in [-0.1, -0.05) is 42.5 Å². The minimum Gasteiger partial charge on any atom is -0.497 e. The van der Waals surface area contributed by atoms with Gasteiger partial charge in [0, 0.05) is 42.7 Å². The Labute approximate surface area is 210 Å². The number of ether oxygens (including phenoxy) is 1. The lowest BCUT2D eigenvalue weighted by Crippen LogP contribution is -2.40. The number of nitrogens with one attached hydrogen (secondary N) is 1. The van der Waals surface area contributed by atoms with Crippen LogP contribution in [0.2, 0.25) is 0 Å². The van der Waals surface area contributed by atoms with Crippen LogP contribution in [0.5, 0.6) is 5.75 Å². The molecule has 0 spiro atoms. The van der Waals surface area contributed by atoms with Crippen molar-refractivity contribution in [3.63, 3.8) is 0 Å². The monoisotopic (exact) mass is 478 g/mol. The number of carbonyl (C=O) groups excluding carboxylic acids is 1. The smallest absolute Gasteiger partial charge is 0.227 e. The Hall–Kier alpha value is -4.06. The number of nitrogens with zero attached hydrogens (tertiary/aromatic N) is 3. The summed E-state index contributed by atoms with van der Waals surface area (Å²) in [4.78, 5) is 23.5. The molecular formula is C30H30N4O2. The number of hydrogen-bond acceptors (Lipinski definition) is 3. The van der Waals surface area contributed by atoms with Gasteiger partial charge < -0.3 is 19.2 Å². The van der Waals surface area contributed by atoms with E-state index in [0.29, 0.717) is 12.5 Å². The molecule has 6 nitrogen and oxygen atoms in total. The number of aromatic nitrogens is 3. The summed E-state index contributed by atoms with van der Waals surface area (Å²) in [6, 6.07) is 25.1. The molecule has 6 heteroatoms. The molecule has 0 bridgehead atoms. The van der Waals surface area contributed by atoms with Crippen LogP contribution in [0.1, 0.15) is 35.8 Å². The van der Waals surface area contributed by atoms with E-state index in [1.165, 1.54) is 11.1 Å². The maximum absolute atomic E-state index is 13.2. The zero-order valence-corrected chi connectivity index (χ0v) is 20.5. The van der Waals surface area contributed by atoms with Crippen molar-refractivity contribution < 1.29 is 9.53 Å². The molecule has 0 aliphatic carbocycles. The SMILES string of the molecule is COc1ccc(Cc2nc3ccccc3n2C2CCN(C(=O)Cc3c[nH]c4ccccc34)CC2)cc1. The summed E-state index contributed by atoms with van der Waals surface area (Å²) < 4.78 is 7.73. The average Bonchev–Trinajstić information content (AvgIpc) is 3.50. The Bertz CT molecular complexity index is 1510. The molecule has 0 saturated carbocycles. The first-order valence-electron chi connectivity index (χ1n) is 12.6. The molecule has 1 amide bonds. The Morgan fingerprint density at radius 1 is 1.00 bits per heavy atom. The Morgan fingerprint density at radius 2 is 1.75 bits per heavy atom. The zero-order chi connectivity index (χ0) is 24.5. The largest absolute Gasteiger partial charge is 0.497 e. The van der Waals surface area contributed by atoms with Gasteiger partial charge in [-0.2, -0.15) is 0 Å². The Morgan fingerprint density at radius 3 is 2.56 bits per heavy atom. The van der Waals surface area contributed by atoms with Crippen molar-refractivity contribution >= 4 is 27.8 Å². The molecule has 2 aromatic heterocycles. The number of hydrogen-bond donors (Lipinski definition) is 1. The topological polar surface area (TPSA) is 63.1 Å². The van der Waals surface area contributed by atoms with E-state index in [4.69, 9.17) is 9.72 Å². The highest BCUT2D eigenvalue weighted by molar-refractivity contribution is 5.89. The number of benzene rings is 3. The van der Waals surface area contributed by atoms with E-state index < -0.39 is 0 Å². The normalized spacial score (nSPS) is 14.5. The van der Waals surface area contributed by atoms with E-state index in [2.05, 4.69) is 45.9 Å². The molecule has 3 heterocycles. The number of carbonyl (C=O) groups is 1. The van der Waals surface area contributed by atoms with E-state index in [9.17, 15) is 4.79 Å². The maximum Gasteiger partial charge on any atom is 0.227 e. The number of amides is 1. The first-order chi connectivity index (χ1) is 17.7. The van der Waals surface area contributed by atoms with Crippen LogP contribution < -0.4 is 4.74 Å². The van der Waals surface area contributed by atoms with Crippen molar-refractivity contribution in [1.82, 2.24) is 19.4 Å². The van der Waals surface area contributed by atoms with E-state index in [0.717, 1.165) is 65.9 Å². The second-order valence-electron chi connectivity index (χ2n) is 9.56. The predicted octanol–water partition coefficient (Wildman–Crippen LogP) is 5.52. The molecule has 5 aromatic rings. The number of H-pyrrole nitrogens is 1.